The van der Waals surface area contributed by atoms with Gasteiger partial charge in [-0.15, -0.1) is 0 Å². The summed E-state index contributed by atoms with van der Waals surface area (Å²) < 4.78 is 6.62. The number of para-hydroxylation sites is 2. The molecular weight excluding hydrogens is 593 g/mol. The Morgan fingerprint density at radius 2 is 0.633 bits per heavy atom. The van der Waals surface area contributed by atoms with Gasteiger partial charge < -0.3 is 4.42 Å². The molecule has 1 aliphatic rings. The zero-order valence-electron chi connectivity index (χ0n) is 26.6. The van der Waals surface area contributed by atoms with Gasteiger partial charge in [0, 0.05) is 16.3 Å². The van der Waals surface area contributed by atoms with Crippen molar-refractivity contribution >= 4 is 54.3 Å². The van der Waals surface area contributed by atoms with Crippen LogP contribution in [0.1, 0.15) is 0 Å². The largest absolute Gasteiger partial charge is 0.455 e. The van der Waals surface area contributed by atoms with Crippen LogP contribution in [0.3, 0.4) is 0 Å². The van der Waals surface area contributed by atoms with E-state index < -0.39 is 0 Å². The van der Waals surface area contributed by atoms with Crippen molar-refractivity contribution < 1.29 is 4.42 Å². The summed E-state index contributed by atoms with van der Waals surface area (Å²) in [5, 5.41) is 9.99. The standard InChI is InChI=1S/C48H28O/c1-4-16-32-29(13-1)30-14-2-5-17-33(30)43-28-45-35-19-7-8-21-37(35)47-38(31-15-3-6-18-34(31)44(45)27-42(32)43)22-11-23-39(47)41-25-12-24-40-36-20-9-10-26-46(36)49-48(40)41/h1-28H. The molecule has 0 amide bonds. The Morgan fingerprint density at radius 1 is 0.245 bits per heavy atom. The molecule has 11 rings (SSSR count). The number of hydrogen-bond acceptors (Lipinski definition) is 1. The molecule has 0 aliphatic heterocycles. The van der Waals surface area contributed by atoms with Crippen LogP contribution in [0, 0.1) is 0 Å². The van der Waals surface area contributed by atoms with Crippen molar-refractivity contribution in [3.05, 3.63) is 170 Å². The van der Waals surface area contributed by atoms with Crippen LogP contribution in [0.4, 0.5) is 0 Å². The van der Waals surface area contributed by atoms with Gasteiger partial charge in [-0.1, -0.05) is 152 Å². The maximum absolute atomic E-state index is 6.62. The van der Waals surface area contributed by atoms with Crippen molar-refractivity contribution in [3.8, 4) is 55.6 Å². The van der Waals surface area contributed by atoms with E-state index in [-0.39, 0.29) is 0 Å². The van der Waals surface area contributed by atoms with Gasteiger partial charge in [0.25, 0.3) is 0 Å². The number of hydrogen-bond donors (Lipinski definition) is 0. The summed E-state index contributed by atoms with van der Waals surface area (Å²) in [6.07, 6.45) is 0. The van der Waals surface area contributed by atoms with Gasteiger partial charge in [0.05, 0.1) is 0 Å². The first kappa shape index (κ1) is 26.6. The van der Waals surface area contributed by atoms with Crippen molar-refractivity contribution in [1.82, 2.24) is 0 Å². The molecule has 0 bridgehead atoms. The predicted molar refractivity (Wildman–Crippen MR) is 207 cm³/mol. The molecule has 0 N–H and O–H groups in total. The maximum Gasteiger partial charge on any atom is 0.143 e. The third-order valence-corrected chi connectivity index (χ3v) is 10.6. The second kappa shape index (κ2) is 10.0. The number of benzene rings is 9. The molecule has 1 aliphatic carbocycles. The van der Waals surface area contributed by atoms with Gasteiger partial charge in [-0.25, -0.2) is 0 Å². The minimum Gasteiger partial charge on any atom is -0.455 e. The van der Waals surface area contributed by atoms with Gasteiger partial charge in [0.2, 0.25) is 0 Å². The lowest BCUT2D eigenvalue weighted by molar-refractivity contribution is 0.670. The molecule has 0 fully saturated rings. The number of furan rings is 1. The zero-order valence-corrected chi connectivity index (χ0v) is 26.6. The topological polar surface area (TPSA) is 13.1 Å². The summed E-state index contributed by atoms with van der Waals surface area (Å²) in [6.45, 7) is 0. The van der Waals surface area contributed by atoms with E-state index in [1.54, 1.807) is 0 Å². The van der Waals surface area contributed by atoms with Crippen LogP contribution >= 0.6 is 0 Å². The van der Waals surface area contributed by atoms with Gasteiger partial charge in [0.15, 0.2) is 0 Å². The highest BCUT2D eigenvalue weighted by Crippen LogP contribution is 2.53. The highest BCUT2D eigenvalue weighted by atomic mass is 16.3. The summed E-state index contributed by atoms with van der Waals surface area (Å²) in [5.74, 6) is 0. The van der Waals surface area contributed by atoms with Crippen molar-refractivity contribution in [3.63, 3.8) is 0 Å². The Bertz CT molecular complexity index is 2990. The van der Waals surface area contributed by atoms with Crippen LogP contribution in [-0.2, 0) is 0 Å². The van der Waals surface area contributed by atoms with Crippen LogP contribution in [-0.4, -0.2) is 0 Å². The van der Waals surface area contributed by atoms with Crippen molar-refractivity contribution in [2.75, 3.05) is 0 Å². The highest BCUT2D eigenvalue weighted by molar-refractivity contribution is 6.27. The van der Waals surface area contributed by atoms with Crippen LogP contribution in [0.15, 0.2) is 174 Å². The smallest absolute Gasteiger partial charge is 0.143 e. The van der Waals surface area contributed by atoms with E-state index in [4.69, 9.17) is 4.42 Å². The average Bonchev–Trinajstić information content (AvgIpc) is 3.56. The lowest BCUT2D eigenvalue weighted by atomic mass is 9.77. The Hall–Kier alpha value is -6.44. The first-order valence-electron chi connectivity index (χ1n) is 16.9. The molecule has 0 atom stereocenters. The summed E-state index contributed by atoms with van der Waals surface area (Å²) in [6, 6.07) is 62.2. The van der Waals surface area contributed by atoms with Crippen molar-refractivity contribution in [1.29, 1.82) is 0 Å². The van der Waals surface area contributed by atoms with Gasteiger partial charge in [0.1, 0.15) is 11.2 Å². The lowest BCUT2D eigenvalue weighted by Crippen LogP contribution is -1.99. The lowest BCUT2D eigenvalue weighted by Gasteiger charge is -2.26. The summed E-state index contributed by atoms with van der Waals surface area (Å²) in [4.78, 5) is 0. The van der Waals surface area contributed by atoms with Crippen LogP contribution in [0.5, 0.6) is 0 Å². The minimum atomic E-state index is 0.912. The van der Waals surface area contributed by atoms with Gasteiger partial charge in [-0.2, -0.15) is 0 Å². The molecule has 10 aromatic rings. The van der Waals surface area contributed by atoms with E-state index in [1.807, 2.05) is 6.07 Å². The molecule has 9 aromatic carbocycles. The van der Waals surface area contributed by atoms with Gasteiger partial charge >= 0.3 is 0 Å². The number of fused-ring (bicyclic) bond motifs is 17. The van der Waals surface area contributed by atoms with E-state index in [0.717, 1.165) is 27.5 Å². The Labute approximate surface area is 283 Å². The summed E-state index contributed by atoms with van der Waals surface area (Å²) in [7, 11) is 0. The molecule has 0 saturated heterocycles. The summed E-state index contributed by atoms with van der Waals surface area (Å²) >= 11 is 0. The monoisotopic (exact) mass is 620 g/mol. The highest BCUT2D eigenvalue weighted by Gasteiger charge is 2.26. The second-order valence-electron chi connectivity index (χ2n) is 13.1. The Morgan fingerprint density at radius 3 is 1.27 bits per heavy atom. The first-order chi connectivity index (χ1) is 24.3. The van der Waals surface area contributed by atoms with E-state index in [2.05, 4.69) is 164 Å². The fourth-order valence-electron chi connectivity index (χ4n) is 8.54. The third kappa shape index (κ3) is 3.70. The normalized spacial score (nSPS) is 12.1. The SMILES string of the molecule is c1ccc2c(c1)-c1cc3c4ccccc4c4ccccc4c3cc1-c1ccccc1-c1c-2cccc1-c1cccc2c1oc1ccccc12. The van der Waals surface area contributed by atoms with Crippen LogP contribution in [0.2, 0.25) is 0 Å². The molecule has 49 heavy (non-hydrogen) atoms. The first-order valence-corrected chi connectivity index (χ1v) is 16.9. The maximum atomic E-state index is 6.62. The Balaban J connectivity index is 1.30. The molecule has 1 heteroatoms. The molecular formula is C48H28O. The molecule has 1 heterocycles. The van der Waals surface area contributed by atoms with Crippen LogP contribution < -0.4 is 0 Å². The van der Waals surface area contributed by atoms with E-state index >= 15 is 0 Å². The van der Waals surface area contributed by atoms with Gasteiger partial charge in [-0.05, 0) is 101 Å². The van der Waals surface area contributed by atoms with E-state index in [9.17, 15) is 0 Å². The Kier molecular flexibility index (Phi) is 5.45. The molecule has 0 radical (unpaired) electrons. The predicted octanol–water partition coefficient (Wildman–Crippen LogP) is 13.7. The molecule has 226 valence electrons. The summed E-state index contributed by atoms with van der Waals surface area (Å²) in [5.41, 5.74) is 14.0. The third-order valence-electron chi connectivity index (χ3n) is 10.6. The quantitative estimate of drug-likeness (QED) is 0.166. The van der Waals surface area contributed by atoms with E-state index in [0.29, 0.717) is 0 Å². The van der Waals surface area contributed by atoms with Crippen LogP contribution in [0.25, 0.3) is 110 Å². The zero-order chi connectivity index (χ0) is 32.1. The fraction of sp³-hybridized carbons (Fsp3) is 0. The van der Waals surface area contributed by atoms with Crippen molar-refractivity contribution in [2.24, 2.45) is 0 Å². The molecule has 0 spiro atoms. The molecule has 0 saturated carbocycles. The molecule has 1 nitrogen and oxygen atoms in total. The average molecular weight is 621 g/mol. The second-order valence-corrected chi connectivity index (χ2v) is 13.1. The van der Waals surface area contributed by atoms with Gasteiger partial charge in [-0.3, -0.25) is 0 Å². The van der Waals surface area contributed by atoms with Crippen molar-refractivity contribution in [2.45, 2.75) is 0 Å². The minimum absolute atomic E-state index is 0.912. The van der Waals surface area contributed by atoms with E-state index in [1.165, 1.54) is 82.4 Å². The molecule has 1 aromatic heterocycles. The fourth-order valence-corrected chi connectivity index (χ4v) is 8.54. The molecule has 0 unspecified atom stereocenters. The number of rotatable bonds is 1.